The lowest BCUT2D eigenvalue weighted by Gasteiger charge is -2.38. The van der Waals surface area contributed by atoms with E-state index in [2.05, 4.69) is 20.8 Å². The highest BCUT2D eigenvalue weighted by Crippen LogP contribution is 2.34. The fourth-order valence-corrected chi connectivity index (χ4v) is 6.73. The lowest BCUT2D eigenvalue weighted by molar-refractivity contribution is -0.148. The molecule has 2 aliphatic heterocycles. The number of aliphatic hydroxyl groups is 3. The van der Waals surface area contributed by atoms with Crippen LogP contribution in [0.5, 0.6) is 0 Å². The van der Waals surface area contributed by atoms with Crippen LogP contribution in [-0.4, -0.2) is 75.4 Å². The van der Waals surface area contributed by atoms with Gasteiger partial charge in [0.05, 0.1) is 43.0 Å². The molecule has 2 saturated heterocycles. The molecular weight excluding hydrogens is 536 g/mol. The number of carbonyl (C=O) groups is 2. The average molecular weight is 597 g/mol. The molecule has 0 bridgehead atoms. The topological polar surface area (TPSA) is 134 Å². The highest BCUT2D eigenvalue weighted by Gasteiger charge is 2.34. The Morgan fingerprint density at radius 1 is 0.952 bits per heavy atom. The van der Waals surface area contributed by atoms with E-state index in [4.69, 9.17) is 14.6 Å². The summed E-state index contributed by atoms with van der Waals surface area (Å²) in [5, 5.41) is 40.3. The third-order valence-corrected chi connectivity index (χ3v) is 9.51. The molecule has 0 aromatic heterocycles. The Balaban J connectivity index is 1.65. The van der Waals surface area contributed by atoms with Gasteiger partial charge in [-0.05, 0) is 94.3 Å². The SMILES string of the molecule is CC(CCC(=O)C(C)C[C@H](C)[C@@H]1OC(CC(=O)O)CC[C@@H]1C)CC(C)C(O)/C=C\CC(O)CCC(O)C1CCCCO1. The predicted molar refractivity (Wildman–Crippen MR) is 164 cm³/mol. The summed E-state index contributed by atoms with van der Waals surface area (Å²) in [6.07, 6.45) is 10.5. The normalized spacial score (nSPS) is 28.5. The van der Waals surface area contributed by atoms with Crippen molar-refractivity contribution in [3.05, 3.63) is 12.2 Å². The molecular formula is C34H60O8. The first-order valence-corrected chi connectivity index (χ1v) is 16.6. The van der Waals surface area contributed by atoms with Crippen molar-refractivity contribution in [2.45, 2.75) is 155 Å². The van der Waals surface area contributed by atoms with Crippen LogP contribution in [0.25, 0.3) is 0 Å². The maximum atomic E-state index is 12.9. The van der Waals surface area contributed by atoms with Crippen LogP contribution in [0.2, 0.25) is 0 Å². The summed E-state index contributed by atoms with van der Waals surface area (Å²) in [5.41, 5.74) is 0. The first-order chi connectivity index (χ1) is 19.9. The second-order valence-corrected chi connectivity index (χ2v) is 13.7. The van der Waals surface area contributed by atoms with Gasteiger partial charge in [0.1, 0.15) is 5.78 Å². The maximum Gasteiger partial charge on any atom is 0.305 e. The summed E-state index contributed by atoms with van der Waals surface area (Å²) in [4.78, 5) is 24.1. The highest BCUT2D eigenvalue weighted by molar-refractivity contribution is 5.80. The smallest absolute Gasteiger partial charge is 0.305 e. The van der Waals surface area contributed by atoms with Gasteiger partial charge in [-0.15, -0.1) is 0 Å². The monoisotopic (exact) mass is 596 g/mol. The van der Waals surface area contributed by atoms with Gasteiger partial charge in [0.15, 0.2) is 0 Å². The summed E-state index contributed by atoms with van der Waals surface area (Å²) < 4.78 is 11.8. The van der Waals surface area contributed by atoms with Crippen molar-refractivity contribution in [2.24, 2.45) is 29.6 Å². The largest absolute Gasteiger partial charge is 0.481 e. The van der Waals surface area contributed by atoms with E-state index >= 15 is 0 Å². The standard InChI is InChI=1S/C34H60O8/c1-22(12-16-30(37)25(4)20-26(5)34-23(2)13-15-28(42-34)21-33(39)40)19-24(3)29(36)10-8-9-27(35)14-17-31(38)32-11-6-7-18-41-32/h8,10,22-29,31-32,34-36,38H,6-7,9,11-21H2,1-5H3,(H,39,40)/b10-8-/t22?,23-,24?,25?,26-,27?,28?,29?,31?,32?,34+/m0/s1. The number of carbonyl (C=O) groups excluding carboxylic acids is 1. The number of carboxylic acid groups (broad SMARTS) is 1. The first-order valence-electron chi connectivity index (χ1n) is 16.6. The summed E-state index contributed by atoms with van der Waals surface area (Å²) in [6.45, 7) is 11.1. The second-order valence-electron chi connectivity index (χ2n) is 13.7. The van der Waals surface area contributed by atoms with Crippen LogP contribution in [0.3, 0.4) is 0 Å². The molecule has 2 rings (SSSR count). The number of rotatable bonds is 19. The molecule has 42 heavy (non-hydrogen) atoms. The van der Waals surface area contributed by atoms with Crippen molar-refractivity contribution in [3.8, 4) is 0 Å². The van der Waals surface area contributed by atoms with Crippen LogP contribution < -0.4 is 0 Å². The van der Waals surface area contributed by atoms with Crippen molar-refractivity contribution in [2.75, 3.05) is 6.61 Å². The van der Waals surface area contributed by atoms with E-state index in [1.807, 2.05) is 19.9 Å². The number of hydrogen-bond acceptors (Lipinski definition) is 7. The molecule has 0 aromatic carbocycles. The van der Waals surface area contributed by atoms with Crippen LogP contribution >= 0.6 is 0 Å². The van der Waals surface area contributed by atoms with E-state index in [1.54, 1.807) is 6.08 Å². The molecule has 2 fully saturated rings. The van der Waals surface area contributed by atoms with Crippen molar-refractivity contribution in [1.82, 2.24) is 0 Å². The van der Waals surface area contributed by atoms with E-state index < -0.39 is 24.3 Å². The third kappa shape index (κ3) is 13.5. The van der Waals surface area contributed by atoms with Crippen LogP contribution in [0.1, 0.15) is 118 Å². The molecule has 0 spiro atoms. The zero-order valence-corrected chi connectivity index (χ0v) is 26.8. The Hall–Kier alpha value is -1.32. The van der Waals surface area contributed by atoms with Gasteiger partial charge in [-0.3, -0.25) is 9.59 Å². The van der Waals surface area contributed by atoms with Crippen molar-refractivity contribution < 1.29 is 39.5 Å². The molecule has 8 unspecified atom stereocenters. The summed E-state index contributed by atoms with van der Waals surface area (Å²) in [6, 6.07) is 0. The quantitative estimate of drug-likeness (QED) is 0.140. The summed E-state index contributed by atoms with van der Waals surface area (Å²) >= 11 is 0. The number of aliphatic hydroxyl groups excluding tert-OH is 3. The molecule has 0 aliphatic carbocycles. The number of hydrogen-bond donors (Lipinski definition) is 4. The van der Waals surface area contributed by atoms with Crippen LogP contribution in [0.15, 0.2) is 12.2 Å². The van der Waals surface area contributed by atoms with Gasteiger partial charge in [0, 0.05) is 18.9 Å². The summed E-state index contributed by atoms with van der Waals surface area (Å²) in [7, 11) is 0. The van der Waals surface area contributed by atoms with Crippen LogP contribution in [0, 0.1) is 29.6 Å². The number of aliphatic carboxylic acids is 1. The molecule has 0 radical (unpaired) electrons. The number of ketones is 1. The van der Waals surface area contributed by atoms with Crippen LogP contribution in [-0.2, 0) is 19.1 Å². The van der Waals surface area contributed by atoms with Crippen molar-refractivity contribution in [1.29, 1.82) is 0 Å². The minimum absolute atomic E-state index is 0.0171. The van der Waals surface area contributed by atoms with E-state index in [-0.39, 0.29) is 48.3 Å². The molecule has 4 N–H and O–H groups in total. The molecule has 0 saturated carbocycles. The van der Waals surface area contributed by atoms with Crippen molar-refractivity contribution >= 4 is 11.8 Å². The Bertz CT molecular complexity index is 809. The van der Waals surface area contributed by atoms with Gasteiger partial charge in [-0.25, -0.2) is 0 Å². The number of ether oxygens (including phenoxy) is 2. The zero-order valence-electron chi connectivity index (χ0n) is 26.8. The molecule has 0 amide bonds. The second kappa shape index (κ2) is 19.1. The van der Waals surface area contributed by atoms with Crippen LogP contribution in [0.4, 0.5) is 0 Å². The minimum Gasteiger partial charge on any atom is -0.481 e. The molecule has 0 aromatic rings. The zero-order chi connectivity index (χ0) is 31.2. The van der Waals surface area contributed by atoms with Gasteiger partial charge < -0.3 is 29.9 Å². The Morgan fingerprint density at radius 3 is 2.36 bits per heavy atom. The van der Waals surface area contributed by atoms with Gasteiger partial charge >= 0.3 is 5.97 Å². The molecule has 8 nitrogen and oxygen atoms in total. The minimum atomic E-state index is -0.830. The fraction of sp³-hybridized carbons (Fsp3) is 0.882. The average Bonchev–Trinajstić information content (AvgIpc) is 2.95. The molecule has 244 valence electrons. The van der Waals surface area contributed by atoms with E-state index in [0.29, 0.717) is 44.1 Å². The highest BCUT2D eigenvalue weighted by atomic mass is 16.5. The van der Waals surface area contributed by atoms with E-state index in [9.17, 15) is 24.9 Å². The maximum absolute atomic E-state index is 12.9. The Labute approximate surface area is 254 Å². The molecule has 8 heteroatoms. The third-order valence-electron chi connectivity index (χ3n) is 9.51. The van der Waals surface area contributed by atoms with Gasteiger partial charge in [-0.2, -0.15) is 0 Å². The lowest BCUT2D eigenvalue weighted by atomic mass is 9.80. The summed E-state index contributed by atoms with van der Waals surface area (Å²) in [5.74, 6) is 0.219. The number of Topliss-reactive ketones (excluding diaryl/α,β-unsaturated/α-hetero) is 1. The lowest BCUT2D eigenvalue weighted by Crippen LogP contribution is -2.39. The van der Waals surface area contributed by atoms with E-state index in [1.165, 1.54) is 0 Å². The van der Waals surface area contributed by atoms with Crippen molar-refractivity contribution in [3.63, 3.8) is 0 Å². The fourth-order valence-electron chi connectivity index (χ4n) is 6.73. The van der Waals surface area contributed by atoms with Gasteiger partial charge in [-0.1, -0.05) is 46.8 Å². The van der Waals surface area contributed by atoms with E-state index in [0.717, 1.165) is 51.4 Å². The first kappa shape index (κ1) is 36.9. The molecule has 11 atom stereocenters. The molecule has 2 aliphatic rings. The number of carboxylic acids is 1. The predicted octanol–water partition coefficient (Wildman–Crippen LogP) is 5.70. The van der Waals surface area contributed by atoms with Gasteiger partial charge in [0.2, 0.25) is 0 Å². The Morgan fingerprint density at radius 2 is 1.69 bits per heavy atom. The van der Waals surface area contributed by atoms with Gasteiger partial charge in [0.25, 0.3) is 0 Å². The Kier molecular flexibility index (Phi) is 16.8. The molecule has 2 heterocycles.